The van der Waals surface area contributed by atoms with Crippen molar-refractivity contribution >= 4 is 43.3 Å². The van der Waals surface area contributed by atoms with Crippen LogP contribution >= 0.6 is 11.3 Å². The number of sulfonamides is 1. The zero-order valence-electron chi connectivity index (χ0n) is 24.2. The van der Waals surface area contributed by atoms with E-state index in [0.29, 0.717) is 46.4 Å². The largest absolute Gasteiger partial charge is 0.504 e. The second-order valence-corrected chi connectivity index (χ2v) is 12.7. The van der Waals surface area contributed by atoms with Gasteiger partial charge in [0.2, 0.25) is 10.0 Å². The van der Waals surface area contributed by atoms with Crippen LogP contribution in [-0.2, 0) is 16.4 Å². The summed E-state index contributed by atoms with van der Waals surface area (Å²) in [6.07, 6.45) is 1.22. The van der Waals surface area contributed by atoms with Crippen molar-refractivity contribution in [3.05, 3.63) is 65.2 Å². The zero-order chi connectivity index (χ0) is 32.7. The lowest BCUT2D eigenvalue weighted by molar-refractivity contribution is 0.0942. The van der Waals surface area contributed by atoms with Gasteiger partial charge in [0.1, 0.15) is 4.21 Å². The highest BCUT2D eigenvalue weighted by Crippen LogP contribution is 2.41. The summed E-state index contributed by atoms with van der Waals surface area (Å²) in [4.78, 5) is 24.7. The van der Waals surface area contributed by atoms with Gasteiger partial charge in [0.05, 0.1) is 13.2 Å². The number of primary sulfonamides is 1. The molecule has 0 aliphatic rings. The van der Waals surface area contributed by atoms with Crippen LogP contribution in [0.3, 0.4) is 0 Å². The molecule has 45 heavy (non-hydrogen) atoms. The number of amides is 2. The lowest BCUT2D eigenvalue weighted by Gasteiger charge is -2.14. The number of carbonyl (C=O) groups is 2. The number of aryl methyl sites for hydroxylation is 1. The van der Waals surface area contributed by atoms with Crippen LogP contribution in [0.5, 0.6) is 34.5 Å². The van der Waals surface area contributed by atoms with E-state index in [2.05, 4.69) is 10.6 Å². The highest BCUT2D eigenvalue weighted by atomic mass is 32.2. The molecule has 1 heterocycles. The fourth-order valence-corrected chi connectivity index (χ4v) is 6.74. The second kappa shape index (κ2) is 14.4. The Labute approximate surface area is 262 Å². The fourth-order valence-electron chi connectivity index (χ4n) is 4.37. The number of nitrogens with one attached hydrogen (secondary N) is 2. The first-order valence-corrected chi connectivity index (χ1v) is 16.2. The predicted octanol–water partition coefficient (Wildman–Crippen LogP) is 3.33. The van der Waals surface area contributed by atoms with Crippen molar-refractivity contribution in [1.82, 2.24) is 10.6 Å². The third kappa shape index (κ3) is 8.26. The Bertz CT molecular complexity index is 1820. The van der Waals surface area contributed by atoms with Crippen LogP contribution in [0.1, 0.15) is 46.0 Å². The Morgan fingerprint density at radius 2 is 1.27 bits per heavy atom. The molecule has 240 valence electrons. The number of nitrogens with two attached hydrogens (primary N) is 1. The molecule has 0 fully saturated rings. The normalized spacial score (nSPS) is 11.3. The number of rotatable bonds is 14. The standard InChI is InChI=1S/C30H33N3O10S2/c1-2-19-20-15-25(42-11-3-9-32-28(38)17-5-7-21(34)23(36)13-17)26(16-27(20)44-30(19)45(31,40)41)43-12-4-10-33-29(39)18-6-8-22(35)24(37)14-18/h5-8,13-16,34-37H,2-4,9-12H2,1H3,(H,32,38)(H,33,39)(H2,31,40,41). The molecule has 0 radical (unpaired) electrons. The van der Waals surface area contributed by atoms with Gasteiger partial charge >= 0.3 is 0 Å². The SMILES string of the molecule is CCc1c(S(N)(=O)=O)sc2cc(OCCCNC(=O)c3ccc(O)c(O)c3)c(OCCCNC(=O)c3ccc(O)c(O)c3)cc12. The molecule has 13 nitrogen and oxygen atoms in total. The summed E-state index contributed by atoms with van der Waals surface area (Å²) in [5.74, 6) is -1.64. The Kier molecular flexibility index (Phi) is 10.6. The number of phenolic OH excluding ortho intramolecular Hbond substituents is 4. The molecule has 0 spiro atoms. The maximum Gasteiger partial charge on any atom is 0.251 e. The predicted molar refractivity (Wildman–Crippen MR) is 167 cm³/mol. The van der Waals surface area contributed by atoms with Crippen molar-refractivity contribution < 1.29 is 47.9 Å². The maximum atomic E-state index is 12.3. The van der Waals surface area contributed by atoms with Crippen molar-refractivity contribution in [2.45, 2.75) is 30.4 Å². The first-order chi connectivity index (χ1) is 21.4. The Morgan fingerprint density at radius 1 is 0.778 bits per heavy atom. The van der Waals surface area contributed by atoms with E-state index in [-0.39, 0.29) is 53.1 Å². The van der Waals surface area contributed by atoms with E-state index in [4.69, 9.17) is 14.6 Å². The number of fused-ring (bicyclic) bond motifs is 1. The Morgan fingerprint density at radius 3 is 1.71 bits per heavy atom. The molecule has 0 aliphatic heterocycles. The summed E-state index contributed by atoms with van der Waals surface area (Å²) in [7, 11) is -3.96. The van der Waals surface area contributed by atoms with E-state index in [1.165, 1.54) is 24.3 Å². The van der Waals surface area contributed by atoms with E-state index in [0.717, 1.165) is 23.5 Å². The molecule has 0 bridgehead atoms. The van der Waals surface area contributed by atoms with Crippen LogP contribution in [0.4, 0.5) is 0 Å². The summed E-state index contributed by atoms with van der Waals surface area (Å²) in [6, 6.07) is 10.9. The molecule has 0 atom stereocenters. The zero-order valence-corrected chi connectivity index (χ0v) is 25.8. The number of aromatic hydroxyl groups is 4. The number of carbonyl (C=O) groups excluding carboxylic acids is 2. The molecule has 2 amide bonds. The lowest BCUT2D eigenvalue weighted by atomic mass is 10.1. The average molecular weight is 660 g/mol. The van der Waals surface area contributed by atoms with Crippen molar-refractivity contribution in [3.8, 4) is 34.5 Å². The first kappa shape index (κ1) is 33.2. The van der Waals surface area contributed by atoms with E-state index >= 15 is 0 Å². The molecule has 1 aromatic heterocycles. The van der Waals surface area contributed by atoms with Gasteiger partial charge in [-0.05, 0) is 67.3 Å². The molecule has 4 rings (SSSR count). The molecular weight excluding hydrogens is 626 g/mol. The Hall–Kier alpha value is -4.73. The van der Waals surface area contributed by atoms with Gasteiger partial charge in [0, 0.05) is 40.4 Å². The molecule has 4 aromatic rings. The van der Waals surface area contributed by atoms with Crippen molar-refractivity contribution in [3.63, 3.8) is 0 Å². The molecule has 0 aliphatic carbocycles. The minimum Gasteiger partial charge on any atom is -0.504 e. The summed E-state index contributed by atoms with van der Waals surface area (Å²) in [5, 5.41) is 49.6. The van der Waals surface area contributed by atoms with Gasteiger partial charge in [-0.15, -0.1) is 11.3 Å². The first-order valence-electron chi connectivity index (χ1n) is 13.9. The van der Waals surface area contributed by atoms with Crippen molar-refractivity contribution in [2.24, 2.45) is 5.14 Å². The smallest absolute Gasteiger partial charge is 0.251 e. The van der Waals surface area contributed by atoms with Gasteiger partial charge in [-0.3, -0.25) is 9.59 Å². The van der Waals surface area contributed by atoms with Crippen LogP contribution in [0.15, 0.2) is 52.7 Å². The molecule has 0 saturated heterocycles. The van der Waals surface area contributed by atoms with Crippen molar-refractivity contribution in [1.29, 1.82) is 0 Å². The topological polar surface area (TPSA) is 218 Å². The van der Waals surface area contributed by atoms with E-state index in [1.807, 2.05) is 6.92 Å². The lowest BCUT2D eigenvalue weighted by Crippen LogP contribution is -2.25. The third-order valence-electron chi connectivity index (χ3n) is 6.64. The van der Waals surface area contributed by atoms with Gasteiger partial charge in [-0.1, -0.05) is 6.92 Å². The fraction of sp³-hybridized carbons (Fsp3) is 0.267. The van der Waals surface area contributed by atoms with Crippen molar-refractivity contribution in [2.75, 3.05) is 26.3 Å². The van der Waals surface area contributed by atoms with Crippen LogP contribution in [0.2, 0.25) is 0 Å². The average Bonchev–Trinajstić information content (AvgIpc) is 3.37. The second-order valence-electron chi connectivity index (χ2n) is 9.88. The molecule has 3 aromatic carbocycles. The van der Waals surface area contributed by atoms with Gasteiger partial charge in [-0.2, -0.15) is 0 Å². The summed E-state index contributed by atoms with van der Waals surface area (Å²) >= 11 is 1.04. The number of hydrogen-bond acceptors (Lipinski definition) is 11. The quantitative estimate of drug-likeness (QED) is 0.0773. The Balaban J connectivity index is 1.40. The van der Waals surface area contributed by atoms with Gasteiger partial charge in [0.15, 0.2) is 34.5 Å². The summed E-state index contributed by atoms with van der Waals surface area (Å²) in [5.41, 5.74) is 0.932. The summed E-state index contributed by atoms with van der Waals surface area (Å²) in [6.45, 7) is 2.65. The van der Waals surface area contributed by atoms with E-state index in [1.54, 1.807) is 12.1 Å². The van der Waals surface area contributed by atoms with E-state index in [9.17, 15) is 38.4 Å². The van der Waals surface area contributed by atoms with Crippen LogP contribution in [-0.4, -0.2) is 67.0 Å². The monoisotopic (exact) mass is 659 g/mol. The van der Waals surface area contributed by atoms with Crippen LogP contribution < -0.4 is 25.2 Å². The van der Waals surface area contributed by atoms with Gasteiger partial charge < -0.3 is 40.5 Å². The van der Waals surface area contributed by atoms with E-state index < -0.39 is 33.3 Å². The molecule has 0 saturated carbocycles. The summed E-state index contributed by atoms with van der Waals surface area (Å²) < 4.78 is 37.1. The number of thiophene rings is 1. The molecule has 8 N–H and O–H groups in total. The molecule has 0 unspecified atom stereocenters. The van der Waals surface area contributed by atoms with Gasteiger partial charge in [-0.25, -0.2) is 13.6 Å². The number of hydrogen-bond donors (Lipinski definition) is 7. The third-order valence-corrected chi connectivity index (χ3v) is 9.34. The minimum absolute atomic E-state index is 0.0639. The van der Waals surface area contributed by atoms with Gasteiger partial charge in [0.25, 0.3) is 11.8 Å². The number of benzene rings is 3. The highest BCUT2D eigenvalue weighted by molar-refractivity contribution is 7.91. The maximum absolute atomic E-state index is 12.3. The van der Waals surface area contributed by atoms with Crippen LogP contribution in [0, 0.1) is 0 Å². The number of ether oxygens (including phenoxy) is 2. The minimum atomic E-state index is -3.96. The highest BCUT2D eigenvalue weighted by Gasteiger charge is 2.22. The van der Waals surface area contributed by atoms with Crippen LogP contribution in [0.25, 0.3) is 10.1 Å². The number of phenols is 4. The molecule has 15 heteroatoms. The molecular formula is C30H33N3O10S2.